The van der Waals surface area contributed by atoms with Crippen LogP contribution in [0.1, 0.15) is 41.5 Å². The van der Waals surface area contributed by atoms with Crippen LogP contribution < -0.4 is 11.1 Å². The second-order valence-corrected chi connectivity index (χ2v) is 7.72. The summed E-state index contributed by atoms with van der Waals surface area (Å²) >= 11 is 0. The predicted molar refractivity (Wildman–Crippen MR) is 121 cm³/mol. The van der Waals surface area contributed by atoms with Gasteiger partial charge in [-0.3, -0.25) is 10.1 Å². The molecular weight excluding hydrogens is 372 g/mol. The first-order chi connectivity index (χ1) is 14.5. The van der Waals surface area contributed by atoms with Crippen molar-refractivity contribution in [2.75, 3.05) is 6.54 Å². The van der Waals surface area contributed by atoms with Crippen LogP contribution in [0.5, 0.6) is 0 Å². The molecule has 0 spiro atoms. The number of rotatable bonds is 10. The van der Waals surface area contributed by atoms with Crippen molar-refractivity contribution in [1.29, 1.82) is 0 Å². The fraction of sp³-hybridized carbons (Fsp3) is 0.269. The minimum atomic E-state index is -0.939. The van der Waals surface area contributed by atoms with E-state index < -0.39 is 17.6 Å². The smallest absolute Gasteiger partial charge is 0.320 e. The van der Waals surface area contributed by atoms with Gasteiger partial charge in [0.2, 0.25) is 0 Å². The molecule has 4 nitrogen and oxygen atoms in total. The van der Waals surface area contributed by atoms with Crippen LogP contribution in [0.15, 0.2) is 84.9 Å². The summed E-state index contributed by atoms with van der Waals surface area (Å²) in [6.45, 7) is 2.83. The minimum Gasteiger partial charge on any atom is -0.480 e. The molecule has 30 heavy (non-hydrogen) atoms. The molecule has 0 heterocycles. The van der Waals surface area contributed by atoms with Crippen LogP contribution in [0.25, 0.3) is 0 Å². The van der Waals surface area contributed by atoms with E-state index in [4.69, 9.17) is 10.8 Å². The highest BCUT2D eigenvalue weighted by Crippen LogP contribution is 2.37. The zero-order chi connectivity index (χ0) is 21.4. The minimum absolute atomic E-state index is 0.477. The molecule has 3 rings (SSSR count). The molecule has 0 aliphatic heterocycles. The van der Waals surface area contributed by atoms with Crippen molar-refractivity contribution in [2.24, 2.45) is 5.73 Å². The van der Waals surface area contributed by atoms with Gasteiger partial charge < -0.3 is 10.8 Å². The van der Waals surface area contributed by atoms with Crippen molar-refractivity contribution >= 4 is 5.97 Å². The predicted octanol–water partition coefficient (Wildman–Crippen LogP) is 4.46. The Hall–Kier alpha value is -2.95. The maximum atomic E-state index is 11.0. The zero-order valence-corrected chi connectivity index (χ0v) is 17.4. The Bertz CT molecular complexity index is 885. The molecule has 0 aliphatic carbocycles. The summed E-state index contributed by atoms with van der Waals surface area (Å²) in [4.78, 5) is 11.0. The third kappa shape index (κ3) is 4.96. The van der Waals surface area contributed by atoms with Crippen molar-refractivity contribution < 1.29 is 9.90 Å². The molecule has 0 radical (unpaired) electrons. The van der Waals surface area contributed by atoms with Gasteiger partial charge in [-0.15, -0.1) is 0 Å². The van der Waals surface area contributed by atoms with Gasteiger partial charge in [0.25, 0.3) is 0 Å². The van der Waals surface area contributed by atoms with Crippen LogP contribution in [0.2, 0.25) is 0 Å². The number of aliphatic carboxylic acids is 1. The normalized spacial score (nSPS) is 12.5. The Labute approximate surface area is 178 Å². The number of carboxylic acid groups (broad SMARTS) is 1. The third-order valence-corrected chi connectivity index (χ3v) is 5.55. The standard InChI is InChI=1S/C26H30N2O2/c1-20-15-17-23(18-16-20)26(21-10-4-2-5-11-21,22-12-6-3-7-13-22)28-19-9-8-14-24(27)25(29)30/h2-7,10-13,15-18,24,28H,8-9,14,19,27H2,1H3,(H,29,30)/t24-/m1/s1. The number of hydrogen-bond donors (Lipinski definition) is 3. The van der Waals surface area contributed by atoms with E-state index in [2.05, 4.69) is 85.0 Å². The Morgan fingerprint density at radius 1 is 0.867 bits per heavy atom. The van der Waals surface area contributed by atoms with Crippen LogP contribution in [0.4, 0.5) is 0 Å². The second-order valence-electron chi connectivity index (χ2n) is 7.72. The zero-order valence-electron chi connectivity index (χ0n) is 17.4. The van der Waals surface area contributed by atoms with Gasteiger partial charge >= 0.3 is 5.97 Å². The molecule has 0 amide bonds. The van der Waals surface area contributed by atoms with E-state index >= 15 is 0 Å². The molecule has 0 unspecified atom stereocenters. The summed E-state index contributed by atoms with van der Waals surface area (Å²) in [7, 11) is 0. The highest BCUT2D eigenvalue weighted by atomic mass is 16.4. The van der Waals surface area contributed by atoms with Crippen molar-refractivity contribution in [3.05, 3.63) is 107 Å². The Morgan fingerprint density at radius 3 is 1.87 bits per heavy atom. The topological polar surface area (TPSA) is 75.3 Å². The number of nitrogens with one attached hydrogen (secondary N) is 1. The molecule has 0 bridgehead atoms. The van der Waals surface area contributed by atoms with Crippen LogP contribution in [0, 0.1) is 6.92 Å². The molecule has 156 valence electrons. The number of nitrogens with two attached hydrogens (primary N) is 1. The fourth-order valence-corrected chi connectivity index (χ4v) is 3.87. The SMILES string of the molecule is Cc1ccc(C(NCCCC[C@@H](N)C(=O)O)(c2ccccc2)c2ccccc2)cc1. The lowest BCUT2D eigenvalue weighted by Crippen LogP contribution is -2.45. The molecule has 0 saturated heterocycles. The monoisotopic (exact) mass is 402 g/mol. The van der Waals surface area contributed by atoms with Gasteiger partial charge in [0.1, 0.15) is 6.04 Å². The maximum absolute atomic E-state index is 11.0. The van der Waals surface area contributed by atoms with Gasteiger partial charge in [-0.1, -0.05) is 96.9 Å². The van der Waals surface area contributed by atoms with E-state index in [1.54, 1.807) is 0 Å². The lowest BCUT2D eigenvalue weighted by molar-refractivity contribution is -0.138. The van der Waals surface area contributed by atoms with E-state index in [1.165, 1.54) is 22.3 Å². The first-order valence-electron chi connectivity index (χ1n) is 10.5. The Kier molecular flexibility index (Phi) is 7.39. The third-order valence-electron chi connectivity index (χ3n) is 5.55. The van der Waals surface area contributed by atoms with Crippen LogP contribution in [-0.2, 0) is 10.3 Å². The Balaban J connectivity index is 1.95. The molecule has 0 aromatic heterocycles. The number of unbranched alkanes of at least 4 members (excludes halogenated alkanes) is 1. The maximum Gasteiger partial charge on any atom is 0.320 e. The molecule has 4 heteroatoms. The summed E-state index contributed by atoms with van der Waals surface area (Å²) in [6, 6.07) is 28.8. The first-order valence-corrected chi connectivity index (χ1v) is 10.5. The van der Waals surface area contributed by atoms with Gasteiger partial charge in [-0.25, -0.2) is 0 Å². The van der Waals surface area contributed by atoms with Gasteiger partial charge in [0.15, 0.2) is 0 Å². The molecule has 0 fully saturated rings. The average Bonchev–Trinajstić information content (AvgIpc) is 2.78. The summed E-state index contributed by atoms with van der Waals surface area (Å²) < 4.78 is 0. The first kappa shape index (κ1) is 21.8. The molecule has 3 aromatic carbocycles. The average molecular weight is 403 g/mol. The van der Waals surface area contributed by atoms with Gasteiger partial charge in [-0.2, -0.15) is 0 Å². The summed E-state index contributed by atoms with van der Waals surface area (Å²) in [6.07, 6.45) is 2.08. The van der Waals surface area contributed by atoms with E-state index in [1.807, 2.05) is 12.1 Å². The van der Waals surface area contributed by atoms with Gasteiger partial charge in [-0.05, 0) is 43.0 Å². The molecule has 3 aromatic rings. The van der Waals surface area contributed by atoms with E-state index in [9.17, 15) is 4.79 Å². The number of benzene rings is 3. The van der Waals surface area contributed by atoms with Crippen LogP contribution in [0.3, 0.4) is 0 Å². The van der Waals surface area contributed by atoms with Crippen molar-refractivity contribution in [1.82, 2.24) is 5.32 Å². The number of aryl methyl sites for hydroxylation is 1. The number of hydrogen-bond acceptors (Lipinski definition) is 3. The summed E-state index contributed by atoms with van der Waals surface area (Å²) in [5, 5.41) is 12.8. The number of carboxylic acids is 1. The van der Waals surface area contributed by atoms with Crippen molar-refractivity contribution in [2.45, 2.75) is 37.8 Å². The van der Waals surface area contributed by atoms with Crippen LogP contribution >= 0.6 is 0 Å². The number of carbonyl (C=O) groups is 1. The fourth-order valence-electron chi connectivity index (χ4n) is 3.87. The largest absolute Gasteiger partial charge is 0.480 e. The molecule has 1 atom stereocenters. The highest BCUT2D eigenvalue weighted by Gasteiger charge is 2.35. The molecule has 0 saturated carbocycles. The van der Waals surface area contributed by atoms with Crippen molar-refractivity contribution in [3.63, 3.8) is 0 Å². The Morgan fingerprint density at radius 2 is 1.37 bits per heavy atom. The summed E-state index contributed by atoms with van der Waals surface area (Å²) in [5.74, 6) is -0.939. The highest BCUT2D eigenvalue weighted by molar-refractivity contribution is 5.72. The van der Waals surface area contributed by atoms with E-state index in [0.29, 0.717) is 6.42 Å². The quantitative estimate of drug-likeness (QED) is 0.346. The molecule has 4 N–H and O–H groups in total. The van der Waals surface area contributed by atoms with E-state index in [0.717, 1.165) is 19.4 Å². The van der Waals surface area contributed by atoms with Gasteiger partial charge in [0.05, 0.1) is 5.54 Å². The molecule has 0 aliphatic rings. The lowest BCUT2D eigenvalue weighted by Gasteiger charge is -2.37. The lowest BCUT2D eigenvalue weighted by atomic mass is 9.76. The van der Waals surface area contributed by atoms with Crippen LogP contribution in [-0.4, -0.2) is 23.7 Å². The van der Waals surface area contributed by atoms with Crippen molar-refractivity contribution in [3.8, 4) is 0 Å². The van der Waals surface area contributed by atoms with E-state index in [-0.39, 0.29) is 0 Å². The van der Waals surface area contributed by atoms with Gasteiger partial charge in [0, 0.05) is 0 Å². The molecular formula is C26H30N2O2. The second kappa shape index (κ2) is 10.2. The summed E-state index contributed by atoms with van der Waals surface area (Å²) in [5.41, 5.74) is 9.89.